The molecule has 0 unspecified atom stereocenters. The molecule has 0 spiro atoms. The SMILES string of the molecule is C[C@@H]1CC[C@@H](C)N1[C@@H]1CCCN(S(=O)(=O)Cc2ccc(F)cc2)C1. The van der Waals surface area contributed by atoms with Crippen molar-refractivity contribution in [3.63, 3.8) is 0 Å². The predicted octanol–water partition coefficient (Wildman–Crippen LogP) is 2.99. The lowest BCUT2D eigenvalue weighted by molar-refractivity contribution is 0.0979. The van der Waals surface area contributed by atoms with Crippen LogP contribution in [-0.2, 0) is 15.8 Å². The molecule has 24 heavy (non-hydrogen) atoms. The van der Waals surface area contributed by atoms with Crippen molar-refractivity contribution in [2.24, 2.45) is 0 Å². The van der Waals surface area contributed by atoms with Gasteiger partial charge in [-0.05, 0) is 57.2 Å². The summed E-state index contributed by atoms with van der Waals surface area (Å²) in [4.78, 5) is 2.51. The average Bonchev–Trinajstić information content (AvgIpc) is 2.88. The second kappa shape index (κ2) is 7.10. The van der Waals surface area contributed by atoms with Crippen LogP contribution in [0.4, 0.5) is 4.39 Å². The number of halogens is 1. The lowest BCUT2D eigenvalue weighted by Gasteiger charge is -2.41. The molecule has 0 bridgehead atoms. The van der Waals surface area contributed by atoms with Gasteiger partial charge >= 0.3 is 0 Å². The maximum Gasteiger partial charge on any atom is 0.218 e. The van der Waals surface area contributed by atoms with Crippen molar-refractivity contribution in [2.75, 3.05) is 13.1 Å². The van der Waals surface area contributed by atoms with Crippen molar-refractivity contribution in [3.05, 3.63) is 35.6 Å². The summed E-state index contributed by atoms with van der Waals surface area (Å²) < 4.78 is 40.2. The molecule has 2 fully saturated rings. The van der Waals surface area contributed by atoms with E-state index >= 15 is 0 Å². The quantitative estimate of drug-likeness (QED) is 0.835. The van der Waals surface area contributed by atoms with E-state index in [2.05, 4.69) is 18.7 Å². The topological polar surface area (TPSA) is 40.6 Å². The van der Waals surface area contributed by atoms with Gasteiger partial charge in [-0.1, -0.05) is 12.1 Å². The van der Waals surface area contributed by atoms with Crippen molar-refractivity contribution in [2.45, 2.75) is 63.4 Å². The van der Waals surface area contributed by atoms with E-state index in [0.717, 1.165) is 12.8 Å². The largest absolute Gasteiger partial charge is 0.294 e. The highest BCUT2D eigenvalue weighted by atomic mass is 32.2. The maximum absolute atomic E-state index is 13.0. The summed E-state index contributed by atoms with van der Waals surface area (Å²) in [5, 5.41) is 0. The van der Waals surface area contributed by atoms with Crippen LogP contribution in [0.3, 0.4) is 0 Å². The van der Waals surface area contributed by atoms with Crippen LogP contribution in [0.1, 0.15) is 45.1 Å². The van der Waals surface area contributed by atoms with Gasteiger partial charge in [0, 0.05) is 31.2 Å². The summed E-state index contributed by atoms with van der Waals surface area (Å²) in [6.45, 7) is 5.67. The minimum atomic E-state index is -3.36. The Kier molecular flexibility index (Phi) is 5.27. The molecule has 134 valence electrons. The molecule has 6 heteroatoms. The van der Waals surface area contributed by atoms with Gasteiger partial charge in [-0.3, -0.25) is 4.90 Å². The van der Waals surface area contributed by atoms with Gasteiger partial charge in [0.05, 0.1) is 5.75 Å². The minimum absolute atomic E-state index is 0.0505. The molecule has 3 atom stereocenters. The Balaban J connectivity index is 1.70. The number of hydrogen-bond acceptors (Lipinski definition) is 3. The third-order valence-corrected chi connectivity index (χ3v) is 7.27. The van der Waals surface area contributed by atoms with Gasteiger partial charge in [0.25, 0.3) is 0 Å². The van der Waals surface area contributed by atoms with Crippen molar-refractivity contribution in [3.8, 4) is 0 Å². The summed E-state index contributed by atoms with van der Waals surface area (Å²) in [5.41, 5.74) is 0.640. The molecule has 0 saturated carbocycles. The summed E-state index contributed by atoms with van der Waals surface area (Å²) in [6, 6.07) is 7.12. The fourth-order valence-corrected chi connectivity index (χ4v) is 5.84. The fourth-order valence-electron chi connectivity index (χ4n) is 4.23. The molecule has 0 amide bonds. The summed E-state index contributed by atoms with van der Waals surface area (Å²) >= 11 is 0. The van der Waals surface area contributed by atoms with Crippen molar-refractivity contribution in [1.82, 2.24) is 9.21 Å². The maximum atomic E-state index is 13.0. The van der Waals surface area contributed by atoms with Gasteiger partial charge in [-0.15, -0.1) is 0 Å². The molecular formula is C18H27FN2O2S. The Morgan fingerprint density at radius 1 is 1.08 bits per heavy atom. The third kappa shape index (κ3) is 3.81. The summed E-state index contributed by atoms with van der Waals surface area (Å²) in [5.74, 6) is -0.392. The van der Waals surface area contributed by atoms with Crippen molar-refractivity contribution in [1.29, 1.82) is 0 Å². The monoisotopic (exact) mass is 354 g/mol. The average molecular weight is 354 g/mol. The first-order valence-electron chi connectivity index (χ1n) is 8.86. The fraction of sp³-hybridized carbons (Fsp3) is 0.667. The summed E-state index contributed by atoms with van der Waals surface area (Å²) in [6.07, 6.45) is 4.36. The second-order valence-corrected chi connectivity index (χ2v) is 9.23. The van der Waals surface area contributed by atoms with Crippen LogP contribution in [0.2, 0.25) is 0 Å². The highest BCUT2D eigenvalue weighted by Gasteiger charge is 2.37. The number of sulfonamides is 1. The van der Waals surface area contributed by atoms with Crippen LogP contribution in [-0.4, -0.2) is 48.8 Å². The first-order valence-corrected chi connectivity index (χ1v) is 10.5. The normalized spacial score (nSPS) is 29.9. The number of benzene rings is 1. The Bertz CT molecular complexity index is 652. The molecule has 1 aromatic rings. The van der Waals surface area contributed by atoms with Gasteiger partial charge in [-0.25, -0.2) is 17.1 Å². The lowest BCUT2D eigenvalue weighted by atomic mass is 10.0. The first-order chi connectivity index (χ1) is 11.4. The van der Waals surface area contributed by atoms with Crippen LogP contribution in [0.15, 0.2) is 24.3 Å². The molecule has 0 aromatic heterocycles. The van der Waals surface area contributed by atoms with E-state index in [1.54, 1.807) is 16.4 Å². The van der Waals surface area contributed by atoms with Crippen molar-refractivity contribution >= 4 is 10.0 Å². The van der Waals surface area contributed by atoms with E-state index in [9.17, 15) is 12.8 Å². The van der Waals surface area contributed by atoms with E-state index < -0.39 is 10.0 Å². The zero-order valence-corrected chi connectivity index (χ0v) is 15.3. The summed E-state index contributed by atoms with van der Waals surface area (Å²) in [7, 11) is -3.36. The Morgan fingerprint density at radius 2 is 1.71 bits per heavy atom. The van der Waals surface area contributed by atoms with Crippen LogP contribution in [0, 0.1) is 5.82 Å². The third-order valence-electron chi connectivity index (χ3n) is 5.46. The van der Waals surface area contributed by atoms with E-state index in [1.807, 2.05) is 0 Å². The molecule has 1 aromatic carbocycles. The van der Waals surface area contributed by atoms with Gasteiger partial charge in [0.1, 0.15) is 5.82 Å². The van der Waals surface area contributed by atoms with Crippen LogP contribution < -0.4 is 0 Å². The van der Waals surface area contributed by atoms with Crippen LogP contribution >= 0.6 is 0 Å². The molecule has 2 saturated heterocycles. The number of piperidine rings is 1. The molecule has 0 radical (unpaired) electrons. The zero-order valence-electron chi connectivity index (χ0n) is 14.5. The highest BCUT2D eigenvalue weighted by molar-refractivity contribution is 7.88. The Morgan fingerprint density at radius 3 is 2.33 bits per heavy atom. The van der Waals surface area contributed by atoms with E-state index in [0.29, 0.717) is 36.8 Å². The molecule has 0 N–H and O–H groups in total. The molecule has 0 aliphatic carbocycles. The number of likely N-dealkylation sites (tertiary alicyclic amines) is 1. The molecule has 2 aliphatic rings. The minimum Gasteiger partial charge on any atom is -0.294 e. The smallest absolute Gasteiger partial charge is 0.218 e. The van der Waals surface area contributed by atoms with E-state index in [-0.39, 0.29) is 11.6 Å². The predicted molar refractivity (Wildman–Crippen MR) is 93.6 cm³/mol. The Labute approximate surface area is 144 Å². The molecule has 2 aliphatic heterocycles. The standard InChI is InChI=1S/C18H27FN2O2S/c1-14-5-6-15(2)21(14)18-4-3-11-20(12-18)24(22,23)13-16-7-9-17(19)10-8-16/h7-10,14-15,18H,3-6,11-13H2,1-2H3/t14-,15-,18-/m1/s1. The molecular weight excluding hydrogens is 327 g/mol. The highest BCUT2D eigenvalue weighted by Crippen LogP contribution is 2.30. The number of rotatable bonds is 4. The van der Waals surface area contributed by atoms with Crippen LogP contribution in [0.5, 0.6) is 0 Å². The Hall–Kier alpha value is -0.980. The van der Waals surface area contributed by atoms with Crippen molar-refractivity contribution < 1.29 is 12.8 Å². The first kappa shape index (κ1) is 17.8. The number of hydrogen-bond donors (Lipinski definition) is 0. The van der Waals surface area contributed by atoms with Crippen LogP contribution in [0.25, 0.3) is 0 Å². The molecule has 2 heterocycles. The molecule has 3 rings (SSSR count). The van der Waals surface area contributed by atoms with Gasteiger partial charge in [-0.2, -0.15) is 0 Å². The van der Waals surface area contributed by atoms with E-state index in [4.69, 9.17) is 0 Å². The van der Waals surface area contributed by atoms with Gasteiger partial charge in [0.2, 0.25) is 10.0 Å². The van der Waals surface area contributed by atoms with Gasteiger partial charge in [0.15, 0.2) is 0 Å². The van der Waals surface area contributed by atoms with E-state index in [1.165, 1.54) is 25.0 Å². The second-order valence-electron chi connectivity index (χ2n) is 7.26. The number of nitrogens with zero attached hydrogens (tertiary/aromatic N) is 2. The lowest BCUT2D eigenvalue weighted by Crippen LogP contribution is -2.52. The zero-order chi connectivity index (χ0) is 17.3. The van der Waals surface area contributed by atoms with Gasteiger partial charge < -0.3 is 0 Å². The molecule has 4 nitrogen and oxygen atoms in total.